The van der Waals surface area contributed by atoms with Gasteiger partial charge in [0, 0.05) is 55.1 Å². The highest BCUT2D eigenvalue weighted by Gasteiger charge is 2.27. The molecule has 1 aliphatic heterocycles. The number of methoxy groups -OCH3 is 1. The molecule has 0 bridgehead atoms. The van der Waals surface area contributed by atoms with E-state index in [-0.39, 0.29) is 6.61 Å². The maximum atomic E-state index is 9.53. The van der Waals surface area contributed by atoms with Gasteiger partial charge in [-0.1, -0.05) is 12.1 Å². The highest BCUT2D eigenvalue weighted by atomic mass is 32.1. The number of hydrogen-bond acceptors (Lipinski definition) is 5. The van der Waals surface area contributed by atoms with Gasteiger partial charge in [-0.25, -0.2) is 0 Å². The van der Waals surface area contributed by atoms with E-state index in [1.807, 2.05) is 11.3 Å². The van der Waals surface area contributed by atoms with E-state index in [9.17, 15) is 5.11 Å². The molecule has 4 nitrogen and oxygen atoms in total. The van der Waals surface area contributed by atoms with Gasteiger partial charge in [-0.05, 0) is 49.6 Å². The molecule has 2 aromatic rings. The van der Waals surface area contributed by atoms with Crippen molar-refractivity contribution in [3.63, 3.8) is 0 Å². The lowest BCUT2D eigenvalue weighted by atomic mass is 10.1. The highest BCUT2D eigenvalue weighted by Crippen LogP contribution is 2.23. The second-order valence-corrected chi connectivity index (χ2v) is 8.56. The quantitative estimate of drug-likeness (QED) is 0.805. The number of rotatable bonds is 7. The van der Waals surface area contributed by atoms with E-state index >= 15 is 0 Å². The van der Waals surface area contributed by atoms with Gasteiger partial charge in [0.2, 0.25) is 0 Å². The Morgan fingerprint density at radius 1 is 1.15 bits per heavy atom. The molecule has 3 rings (SSSR count). The lowest BCUT2D eigenvalue weighted by molar-refractivity contribution is 0.0504. The summed E-state index contributed by atoms with van der Waals surface area (Å²) in [5.41, 5.74) is 2.49. The lowest BCUT2D eigenvalue weighted by Crippen LogP contribution is -2.52. The van der Waals surface area contributed by atoms with Gasteiger partial charge in [0.05, 0.1) is 7.11 Å². The first-order valence-electron chi connectivity index (χ1n) is 9.35. The van der Waals surface area contributed by atoms with Crippen LogP contribution < -0.4 is 4.74 Å². The predicted octanol–water partition coefficient (Wildman–Crippen LogP) is 3.44. The fourth-order valence-corrected chi connectivity index (χ4v) is 4.73. The molecule has 0 radical (unpaired) electrons. The Labute approximate surface area is 161 Å². The molecule has 1 aromatic heterocycles. The van der Waals surface area contributed by atoms with E-state index < -0.39 is 0 Å². The Morgan fingerprint density at radius 3 is 2.65 bits per heavy atom. The van der Waals surface area contributed by atoms with Crippen molar-refractivity contribution < 1.29 is 9.84 Å². The molecular formula is C21H30N2O2S. The SMILES string of the molecule is COc1ccc(CN2CCN(Cc3ccc(C)s3)C[C@H]2CCO)cc1C. The third-order valence-electron chi connectivity index (χ3n) is 5.17. The molecule has 0 amide bonds. The Hall–Kier alpha value is -1.40. The van der Waals surface area contributed by atoms with Gasteiger partial charge in [0.15, 0.2) is 0 Å². The molecule has 0 spiro atoms. The number of hydrogen-bond donors (Lipinski definition) is 1. The number of piperazine rings is 1. The van der Waals surface area contributed by atoms with Crippen molar-refractivity contribution in [3.8, 4) is 5.75 Å². The maximum absolute atomic E-state index is 9.53. The van der Waals surface area contributed by atoms with Crippen LogP contribution >= 0.6 is 11.3 Å². The summed E-state index contributed by atoms with van der Waals surface area (Å²) < 4.78 is 5.37. The zero-order valence-electron chi connectivity index (χ0n) is 16.1. The van der Waals surface area contributed by atoms with E-state index in [1.165, 1.54) is 20.9 Å². The Balaban J connectivity index is 1.63. The monoisotopic (exact) mass is 374 g/mol. The van der Waals surface area contributed by atoms with Crippen LogP contribution in [0.3, 0.4) is 0 Å². The molecule has 1 atom stereocenters. The van der Waals surface area contributed by atoms with E-state index in [0.717, 1.165) is 44.9 Å². The third kappa shape index (κ3) is 4.86. The molecule has 142 valence electrons. The van der Waals surface area contributed by atoms with Crippen LogP contribution in [0.4, 0.5) is 0 Å². The first-order chi connectivity index (χ1) is 12.6. The fraction of sp³-hybridized carbons (Fsp3) is 0.524. The predicted molar refractivity (Wildman–Crippen MR) is 108 cm³/mol. The van der Waals surface area contributed by atoms with E-state index in [2.05, 4.69) is 54.0 Å². The molecule has 1 saturated heterocycles. The fourth-order valence-electron chi connectivity index (χ4n) is 3.80. The first kappa shape index (κ1) is 19.4. The second-order valence-electron chi connectivity index (χ2n) is 7.19. The molecule has 1 N–H and O–H groups in total. The summed E-state index contributed by atoms with van der Waals surface area (Å²) in [6.07, 6.45) is 0.828. The topological polar surface area (TPSA) is 35.9 Å². The summed E-state index contributed by atoms with van der Waals surface area (Å²) in [5, 5.41) is 9.53. The average molecular weight is 375 g/mol. The zero-order chi connectivity index (χ0) is 18.5. The normalized spacial score (nSPS) is 19.0. The van der Waals surface area contributed by atoms with Gasteiger partial charge < -0.3 is 9.84 Å². The van der Waals surface area contributed by atoms with Crippen LogP contribution in [0.1, 0.15) is 27.3 Å². The average Bonchev–Trinajstić information content (AvgIpc) is 3.02. The number of thiophene rings is 1. The van der Waals surface area contributed by atoms with Gasteiger partial charge in [0.25, 0.3) is 0 Å². The number of benzene rings is 1. The molecule has 5 heteroatoms. The van der Waals surface area contributed by atoms with Crippen molar-refractivity contribution in [2.45, 2.75) is 39.4 Å². The van der Waals surface area contributed by atoms with Gasteiger partial charge >= 0.3 is 0 Å². The molecule has 1 aromatic carbocycles. The third-order valence-corrected chi connectivity index (χ3v) is 6.16. The minimum absolute atomic E-state index is 0.245. The summed E-state index contributed by atoms with van der Waals surface area (Å²) in [5.74, 6) is 0.941. The standard InChI is InChI=1S/C21H30N2O2S/c1-16-12-18(5-7-21(16)25-3)13-23-10-9-22(14-19(23)8-11-24)15-20-6-4-17(2)26-20/h4-7,12,19,24H,8-11,13-15H2,1-3H3/t19-/m1/s1. The van der Waals surface area contributed by atoms with Crippen LogP contribution in [0.2, 0.25) is 0 Å². The minimum Gasteiger partial charge on any atom is -0.496 e. The lowest BCUT2D eigenvalue weighted by Gasteiger charge is -2.41. The minimum atomic E-state index is 0.245. The Kier molecular flexibility index (Phi) is 6.70. The summed E-state index contributed by atoms with van der Waals surface area (Å²) in [6, 6.07) is 11.3. The number of ether oxygens (including phenoxy) is 1. The van der Waals surface area contributed by atoms with Crippen molar-refractivity contribution >= 4 is 11.3 Å². The largest absolute Gasteiger partial charge is 0.496 e. The van der Waals surface area contributed by atoms with Crippen molar-refractivity contribution in [2.24, 2.45) is 0 Å². The smallest absolute Gasteiger partial charge is 0.121 e. The molecule has 2 heterocycles. The summed E-state index contributed by atoms with van der Waals surface area (Å²) >= 11 is 1.89. The van der Waals surface area contributed by atoms with Gasteiger partial charge in [-0.15, -0.1) is 11.3 Å². The van der Waals surface area contributed by atoms with Gasteiger partial charge in [0.1, 0.15) is 5.75 Å². The molecule has 0 aliphatic carbocycles. The second kappa shape index (κ2) is 9.00. The maximum Gasteiger partial charge on any atom is 0.121 e. The van der Waals surface area contributed by atoms with Crippen molar-refractivity contribution in [1.29, 1.82) is 0 Å². The number of aryl methyl sites for hydroxylation is 2. The molecule has 26 heavy (non-hydrogen) atoms. The van der Waals surface area contributed by atoms with Gasteiger partial charge in [-0.2, -0.15) is 0 Å². The van der Waals surface area contributed by atoms with Gasteiger partial charge in [-0.3, -0.25) is 9.80 Å². The van der Waals surface area contributed by atoms with E-state index in [1.54, 1.807) is 7.11 Å². The molecule has 0 saturated carbocycles. The summed E-state index contributed by atoms with van der Waals surface area (Å²) in [7, 11) is 1.72. The molecule has 1 fully saturated rings. The molecule has 0 unspecified atom stereocenters. The van der Waals surface area contributed by atoms with Crippen molar-refractivity contribution in [3.05, 3.63) is 51.2 Å². The van der Waals surface area contributed by atoms with Crippen LogP contribution in [0.5, 0.6) is 5.75 Å². The Bertz CT molecular complexity index is 716. The number of aliphatic hydroxyl groups excluding tert-OH is 1. The van der Waals surface area contributed by atoms with Crippen LogP contribution in [-0.2, 0) is 13.1 Å². The molecular weight excluding hydrogens is 344 g/mol. The summed E-state index contributed by atoms with van der Waals surface area (Å²) in [4.78, 5) is 7.86. The molecule has 1 aliphatic rings. The van der Waals surface area contributed by atoms with E-state index in [0.29, 0.717) is 6.04 Å². The number of aliphatic hydroxyl groups is 1. The summed E-state index contributed by atoms with van der Waals surface area (Å²) in [6.45, 7) is 9.60. The van der Waals surface area contributed by atoms with Crippen LogP contribution in [0.25, 0.3) is 0 Å². The van der Waals surface area contributed by atoms with Crippen LogP contribution in [0.15, 0.2) is 30.3 Å². The number of nitrogens with zero attached hydrogens (tertiary/aromatic N) is 2. The first-order valence-corrected chi connectivity index (χ1v) is 10.2. The van der Waals surface area contributed by atoms with Crippen molar-refractivity contribution in [1.82, 2.24) is 9.80 Å². The highest BCUT2D eigenvalue weighted by molar-refractivity contribution is 7.11. The van der Waals surface area contributed by atoms with E-state index in [4.69, 9.17) is 4.74 Å². The van der Waals surface area contributed by atoms with Crippen LogP contribution in [-0.4, -0.2) is 54.3 Å². The Morgan fingerprint density at radius 2 is 2.00 bits per heavy atom. The van der Waals surface area contributed by atoms with Crippen molar-refractivity contribution in [2.75, 3.05) is 33.4 Å². The zero-order valence-corrected chi connectivity index (χ0v) is 16.9. The van der Waals surface area contributed by atoms with Crippen LogP contribution in [0, 0.1) is 13.8 Å².